The molecular formula is C35H34FN3O5. The summed E-state index contributed by atoms with van der Waals surface area (Å²) in [5.74, 6) is 0.156. The molecule has 226 valence electrons. The molecule has 1 aromatic heterocycles. The molecule has 4 N–H and O–H groups in total. The Labute approximate surface area is 255 Å². The number of aliphatic hydroxyl groups excluding tert-OH is 2. The zero-order valence-electron chi connectivity index (χ0n) is 24.1. The van der Waals surface area contributed by atoms with E-state index in [-0.39, 0.29) is 30.6 Å². The number of hydrogen-bond acceptors (Lipinski definition) is 7. The Morgan fingerprint density at radius 1 is 0.909 bits per heavy atom. The predicted molar refractivity (Wildman–Crippen MR) is 166 cm³/mol. The molecule has 1 heterocycles. The van der Waals surface area contributed by atoms with Crippen molar-refractivity contribution >= 4 is 16.8 Å². The maximum atomic E-state index is 13.8. The van der Waals surface area contributed by atoms with Crippen molar-refractivity contribution in [2.75, 3.05) is 19.8 Å². The number of nitrogens with zero attached hydrogens (tertiary/aromatic N) is 2. The van der Waals surface area contributed by atoms with Crippen molar-refractivity contribution in [2.45, 2.75) is 25.1 Å². The number of halogens is 1. The third-order valence-corrected chi connectivity index (χ3v) is 7.25. The van der Waals surface area contributed by atoms with E-state index in [2.05, 4.69) is 9.88 Å². The molecule has 0 saturated carbocycles. The Kier molecular flexibility index (Phi) is 10.1. The van der Waals surface area contributed by atoms with Crippen LogP contribution in [0.3, 0.4) is 0 Å². The number of fused-ring (bicyclic) bond motifs is 1. The molecule has 4 aromatic carbocycles. The van der Waals surface area contributed by atoms with Crippen molar-refractivity contribution in [1.82, 2.24) is 9.88 Å². The third-order valence-electron chi connectivity index (χ3n) is 7.25. The fourth-order valence-corrected chi connectivity index (χ4v) is 5.01. The summed E-state index contributed by atoms with van der Waals surface area (Å²) in [6.45, 7) is 0.809. The lowest BCUT2D eigenvalue weighted by molar-refractivity contribution is 0.0335. The van der Waals surface area contributed by atoms with E-state index < -0.39 is 17.8 Å². The van der Waals surface area contributed by atoms with E-state index in [1.165, 1.54) is 24.4 Å². The van der Waals surface area contributed by atoms with Gasteiger partial charge in [0, 0.05) is 36.8 Å². The van der Waals surface area contributed by atoms with E-state index in [0.29, 0.717) is 41.9 Å². The van der Waals surface area contributed by atoms with E-state index in [1.807, 2.05) is 72.8 Å². The van der Waals surface area contributed by atoms with Gasteiger partial charge in [0.15, 0.2) is 5.75 Å². The maximum absolute atomic E-state index is 13.8. The summed E-state index contributed by atoms with van der Waals surface area (Å²) in [7, 11) is 0. The highest BCUT2D eigenvalue weighted by atomic mass is 19.1. The molecule has 0 spiro atoms. The molecule has 0 fully saturated rings. The molecule has 1 amide bonds. The van der Waals surface area contributed by atoms with Crippen LogP contribution >= 0.6 is 0 Å². The number of carbonyl (C=O) groups excluding carboxylic acids is 1. The number of amides is 1. The second-order valence-corrected chi connectivity index (χ2v) is 10.5. The molecule has 9 heteroatoms. The van der Waals surface area contributed by atoms with Crippen LogP contribution in [-0.2, 0) is 13.0 Å². The topological polar surface area (TPSA) is 118 Å². The van der Waals surface area contributed by atoms with Gasteiger partial charge in [0.1, 0.15) is 35.6 Å². The molecule has 5 rings (SSSR count). The van der Waals surface area contributed by atoms with Gasteiger partial charge >= 0.3 is 0 Å². The van der Waals surface area contributed by atoms with Crippen LogP contribution in [0, 0.1) is 5.82 Å². The molecule has 5 aromatic rings. The first-order valence-corrected chi connectivity index (χ1v) is 14.3. The maximum Gasteiger partial charge on any atom is 0.254 e. The van der Waals surface area contributed by atoms with Gasteiger partial charge < -0.3 is 25.4 Å². The minimum Gasteiger partial charge on any atom is -0.491 e. The lowest BCUT2D eigenvalue weighted by atomic mass is 10.0. The van der Waals surface area contributed by atoms with Gasteiger partial charge in [-0.05, 0) is 53.9 Å². The average molecular weight is 596 g/mol. The van der Waals surface area contributed by atoms with Gasteiger partial charge in [-0.1, -0.05) is 60.7 Å². The Balaban J connectivity index is 1.31. The minimum absolute atomic E-state index is 0.0832. The van der Waals surface area contributed by atoms with Crippen LogP contribution in [0.1, 0.15) is 21.5 Å². The molecule has 0 aliphatic heterocycles. The fourth-order valence-electron chi connectivity index (χ4n) is 5.01. The van der Waals surface area contributed by atoms with Crippen molar-refractivity contribution < 1.29 is 28.9 Å². The van der Waals surface area contributed by atoms with Crippen molar-refractivity contribution in [2.24, 2.45) is 5.73 Å². The molecule has 2 atom stereocenters. The molecule has 0 aliphatic rings. The number of primary amides is 1. The van der Waals surface area contributed by atoms with Gasteiger partial charge in [0.25, 0.3) is 5.91 Å². The number of nitrogens with two attached hydrogens (primary N) is 1. The molecular weight excluding hydrogens is 561 g/mol. The number of pyridine rings is 1. The van der Waals surface area contributed by atoms with Crippen LogP contribution in [0.5, 0.6) is 17.2 Å². The Bertz CT molecular complexity index is 1670. The Morgan fingerprint density at radius 3 is 2.30 bits per heavy atom. The lowest BCUT2D eigenvalue weighted by Crippen LogP contribution is -2.44. The zero-order valence-corrected chi connectivity index (χ0v) is 24.1. The molecule has 0 bridgehead atoms. The fraction of sp³-hybridized carbons (Fsp3) is 0.200. The summed E-state index contributed by atoms with van der Waals surface area (Å²) in [5.41, 5.74) is 7.97. The van der Waals surface area contributed by atoms with Crippen LogP contribution in [0.25, 0.3) is 10.9 Å². The molecule has 0 saturated heterocycles. The van der Waals surface area contributed by atoms with Crippen LogP contribution in [0.15, 0.2) is 109 Å². The number of rotatable bonds is 14. The second-order valence-electron chi connectivity index (χ2n) is 10.5. The quantitative estimate of drug-likeness (QED) is 0.163. The summed E-state index contributed by atoms with van der Waals surface area (Å²) >= 11 is 0. The smallest absolute Gasteiger partial charge is 0.254 e. The molecule has 0 radical (unpaired) electrons. The van der Waals surface area contributed by atoms with Crippen molar-refractivity contribution in [1.29, 1.82) is 0 Å². The standard InChI is InChI=1S/C35H34FN3O5/c36-26-13-16-31-33(18-26)38-19-32(35(37)42)34(31)44-30-14-11-24(12-15-30)17-27(22-40)39(20-25-7-3-1-4-8-25)21-28(41)23-43-29-9-5-2-6-10-29/h1-16,18-19,27-28,40-41H,17,20-23H2,(H2,37,42)/t27-,28-/m0/s1. The van der Waals surface area contributed by atoms with Crippen LogP contribution in [0.4, 0.5) is 4.39 Å². The molecule has 8 nitrogen and oxygen atoms in total. The molecule has 0 unspecified atom stereocenters. The summed E-state index contributed by atoms with van der Waals surface area (Å²) in [4.78, 5) is 18.3. The first-order valence-electron chi connectivity index (χ1n) is 14.3. The summed E-state index contributed by atoms with van der Waals surface area (Å²) in [6, 6.07) is 30.2. The Morgan fingerprint density at radius 2 is 1.61 bits per heavy atom. The van der Waals surface area contributed by atoms with E-state index in [1.54, 1.807) is 12.1 Å². The van der Waals surface area contributed by atoms with Crippen molar-refractivity contribution in [3.05, 3.63) is 132 Å². The first kappa shape index (κ1) is 30.6. The monoisotopic (exact) mass is 595 g/mol. The normalized spacial score (nSPS) is 12.6. The molecule has 0 aliphatic carbocycles. The van der Waals surface area contributed by atoms with E-state index >= 15 is 0 Å². The van der Waals surface area contributed by atoms with Gasteiger partial charge in [0.05, 0.1) is 12.1 Å². The van der Waals surface area contributed by atoms with Gasteiger partial charge in [-0.2, -0.15) is 0 Å². The van der Waals surface area contributed by atoms with Crippen molar-refractivity contribution in [3.8, 4) is 17.2 Å². The van der Waals surface area contributed by atoms with Gasteiger partial charge in [-0.25, -0.2) is 4.39 Å². The number of hydrogen-bond donors (Lipinski definition) is 3. The third kappa shape index (κ3) is 7.96. The Hall–Kier alpha value is -4.83. The number of para-hydroxylation sites is 1. The highest BCUT2D eigenvalue weighted by Gasteiger charge is 2.23. The highest BCUT2D eigenvalue weighted by molar-refractivity contribution is 6.01. The van der Waals surface area contributed by atoms with E-state index in [9.17, 15) is 19.4 Å². The molecule has 44 heavy (non-hydrogen) atoms. The minimum atomic E-state index is -0.785. The van der Waals surface area contributed by atoms with Gasteiger partial charge in [-0.3, -0.25) is 14.7 Å². The highest BCUT2D eigenvalue weighted by Crippen LogP contribution is 2.33. The first-order chi connectivity index (χ1) is 21.4. The largest absolute Gasteiger partial charge is 0.491 e. The van der Waals surface area contributed by atoms with Gasteiger partial charge in [0.2, 0.25) is 0 Å². The van der Waals surface area contributed by atoms with Crippen LogP contribution in [0.2, 0.25) is 0 Å². The number of aromatic nitrogens is 1. The zero-order chi connectivity index (χ0) is 30.9. The predicted octanol–water partition coefficient (Wildman–Crippen LogP) is 5.11. The number of aliphatic hydroxyl groups is 2. The van der Waals surface area contributed by atoms with Gasteiger partial charge in [-0.15, -0.1) is 0 Å². The lowest BCUT2D eigenvalue weighted by Gasteiger charge is -2.32. The number of ether oxygens (including phenoxy) is 2. The SMILES string of the molecule is NC(=O)c1cnc2cc(F)ccc2c1Oc1ccc(C[C@@H](CO)N(Cc2ccccc2)C[C@H](O)COc2ccccc2)cc1. The van der Waals surface area contributed by atoms with Crippen molar-refractivity contribution in [3.63, 3.8) is 0 Å². The van der Waals surface area contributed by atoms with Crippen LogP contribution < -0.4 is 15.2 Å². The second kappa shape index (κ2) is 14.6. The van der Waals surface area contributed by atoms with E-state index in [4.69, 9.17) is 15.2 Å². The number of carbonyl (C=O) groups is 1. The summed E-state index contributed by atoms with van der Waals surface area (Å²) in [6.07, 6.45) is 0.993. The van der Waals surface area contributed by atoms with E-state index in [0.717, 1.165) is 11.1 Å². The number of benzene rings is 4. The average Bonchev–Trinajstić information content (AvgIpc) is 3.04. The summed E-state index contributed by atoms with van der Waals surface area (Å²) < 4.78 is 25.6. The summed E-state index contributed by atoms with van der Waals surface area (Å²) in [5, 5.41) is 21.8. The van der Waals surface area contributed by atoms with Crippen LogP contribution in [-0.4, -0.2) is 57.9 Å².